The van der Waals surface area contributed by atoms with E-state index in [1.165, 1.54) is 7.11 Å². The summed E-state index contributed by atoms with van der Waals surface area (Å²) in [6.07, 6.45) is 0.808. The number of fused-ring (bicyclic) bond motifs is 1. The van der Waals surface area contributed by atoms with Gasteiger partial charge in [0.05, 0.1) is 18.5 Å². The molecule has 37 heavy (non-hydrogen) atoms. The van der Waals surface area contributed by atoms with Gasteiger partial charge in [0.25, 0.3) is 11.8 Å². The van der Waals surface area contributed by atoms with Crippen molar-refractivity contribution < 1.29 is 19.1 Å². The van der Waals surface area contributed by atoms with Gasteiger partial charge in [-0.1, -0.05) is 29.5 Å². The molecule has 2 amide bonds. The molecule has 196 valence electrons. The van der Waals surface area contributed by atoms with E-state index in [1.807, 2.05) is 62.5 Å². The lowest BCUT2D eigenvalue weighted by atomic mass is 10.1. The summed E-state index contributed by atoms with van der Waals surface area (Å²) in [5.41, 5.74) is 3.39. The average Bonchev–Trinajstić information content (AvgIpc) is 3.28. The Labute approximate surface area is 217 Å². The normalized spacial score (nSPS) is 15.1. The predicted octanol–water partition coefficient (Wildman–Crippen LogP) is 2.54. The van der Waals surface area contributed by atoms with E-state index in [9.17, 15) is 9.59 Å². The highest BCUT2D eigenvalue weighted by atomic mass is 16.5. The van der Waals surface area contributed by atoms with Crippen LogP contribution in [0.25, 0.3) is 5.69 Å². The van der Waals surface area contributed by atoms with E-state index in [2.05, 4.69) is 15.2 Å². The van der Waals surface area contributed by atoms with Crippen molar-refractivity contribution in [1.29, 1.82) is 0 Å². The molecule has 0 fully saturated rings. The topological polar surface area (TPSA) is 93.0 Å². The van der Waals surface area contributed by atoms with Crippen molar-refractivity contribution in [3.05, 3.63) is 65.5 Å². The maximum absolute atomic E-state index is 13.8. The second-order valence-electron chi connectivity index (χ2n) is 9.13. The van der Waals surface area contributed by atoms with Crippen LogP contribution < -0.4 is 9.64 Å². The second kappa shape index (κ2) is 12.0. The maximum atomic E-state index is 13.8. The van der Waals surface area contributed by atoms with Gasteiger partial charge in [-0.2, -0.15) is 0 Å². The first-order chi connectivity index (χ1) is 17.9. The zero-order chi connectivity index (χ0) is 26.4. The molecular formula is C27H34N6O4. The summed E-state index contributed by atoms with van der Waals surface area (Å²) in [6, 6.07) is 15.2. The number of methoxy groups -OCH3 is 2. The monoisotopic (exact) mass is 506 g/mol. The van der Waals surface area contributed by atoms with E-state index in [0.717, 1.165) is 29.9 Å². The van der Waals surface area contributed by atoms with Crippen LogP contribution in [0, 0.1) is 6.92 Å². The number of aromatic nitrogens is 3. The number of anilines is 1. The molecule has 0 saturated carbocycles. The number of ether oxygens (including phenoxy) is 2. The van der Waals surface area contributed by atoms with Gasteiger partial charge in [0, 0.05) is 45.0 Å². The van der Waals surface area contributed by atoms with Crippen molar-refractivity contribution in [2.24, 2.45) is 0 Å². The fourth-order valence-electron chi connectivity index (χ4n) is 4.51. The molecule has 0 bridgehead atoms. The van der Waals surface area contributed by atoms with Crippen LogP contribution in [0.1, 0.15) is 28.2 Å². The number of carbonyl (C=O) groups is 2. The van der Waals surface area contributed by atoms with E-state index in [0.29, 0.717) is 43.3 Å². The number of rotatable bonds is 5. The van der Waals surface area contributed by atoms with Gasteiger partial charge in [-0.25, -0.2) is 4.68 Å². The Morgan fingerprint density at radius 3 is 2.59 bits per heavy atom. The molecular weight excluding hydrogens is 472 g/mol. The Morgan fingerprint density at radius 1 is 1.00 bits per heavy atom. The van der Waals surface area contributed by atoms with Crippen molar-refractivity contribution in [2.75, 3.05) is 59.0 Å². The molecule has 3 aromatic rings. The molecule has 0 aliphatic carbocycles. The Kier molecular flexibility index (Phi) is 8.52. The minimum Gasteiger partial charge on any atom is -0.497 e. The molecule has 2 heterocycles. The lowest BCUT2D eigenvalue weighted by molar-refractivity contribution is -0.122. The fraction of sp³-hybridized carbons (Fsp3) is 0.407. The highest BCUT2D eigenvalue weighted by Gasteiger charge is 2.26. The summed E-state index contributed by atoms with van der Waals surface area (Å²) in [6.45, 7) is 4.76. The Bertz CT molecular complexity index is 1240. The molecule has 0 saturated heterocycles. The molecule has 1 aromatic heterocycles. The molecule has 4 rings (SSSR count). The number of amides is 2. The first kappa shape index (κ1) is 26.3. The number of benzene rings is 2. The average molecular weight is 507 g/mol. The number of likely N-dealkylation sites (N-methyl/N-ethyl adjacent to an activating group) is 1. The van der Waals surface area contributed by atoms with Crippen molar-refractivity contribution >= 4 is 17.5 Å². The van der Waals surface area contributed by atoms with Crippen LogP contribution in [0.2, 0.25) is 0 Å². The van der Waals surface area contributed by atoms with Gasteiger partial charge in [0.15, 0.2) is 5.69 Å². The minimum atomic E-state index is -0.205. The van der Waals surface area contributed by atoms with Gasteiger partial charge >= 0.3 is 0 Å². The van der Waals surface area contributed by atoms with E-state index < -0.39 is 0 Å². The molecule has 0 unspecified atom stereocenters. The van der Waals surface area contributed by atoms with Crippen molar-refractivity contribution in [3.63, 3.8) is 0 Å². The Balaban J connectivity index is 1.68. The fourth-order valence-corrected chi connectivity index (χ4v) is 4.51. The van der Waals surface area contributed by atoms with E-state index >= 15 is 0 Å². The Morgan fingerprint density at radius 2 is 1.81 bits per heavy atom. The van der Waals surface area contributed by atoms with Gasteiger partial charge in [-0.3, -0.25) is 9.59 Å². The highest BCUT2D eigenvalue weighted by Crippen LogP contribution is 2.25. The van der Waals surface area contributed by atoms with E-state index in [4.69, 9.17) is 9.47 Å². The third-order valence-electron chi connectivity index (χ3n) is 6.57. The highest BCUT2D eigenvalue weighted by molar-refractivity contribution is 5.96. The van der Waals surface area contributed by atoms with Gasteiger partial charge in [0.1, 0.15) is 12.4 Å². The zero-order valence-corrected chi connectivity index (χ0v) is 21.9. The van der Waals surface area contributed by atoms with Crippen LogP contribution in [-0.2, 0) is 16.1 Å². The lowest BCUT2D eigenvalue weighted by Gasteiger charge is -2.27. The van der Waals surface area contributed by atoms with Crippen LogP contribution in [0.4, 0.5) is 5.69 Å². The molecule has 1 aliphatic rings. The quantitative estimate of drug-likeness (QED) is 0.525. The van der Waals surface area contributed by atoms with Crippen LogP contribution in [0.3, 0.4) is 0 Å². The first-order valence-corrected chi connectivity index (χ1v) is 12.3. The predicted molar refractivity (Wildman–Crippen MR) is 140 cm³/mol. The third-order valence-corrected chi connectivity index (χ3v) is 6.57. The number of hydrogen-bond acceptors (Lipinski definition) is 7. The van der Waals surface area contributed by atoms with Crippen LogP contribution in [0.15, 0.2) is 48.5 Å². The second-order valence-corrected chi connectivity index (χ2v) is 9.13. The summed E-state index contributed by atoms with van der Waals surface area (Å²) >= 11 is 0. The van der Waals surface area contributed by atoms with Crippen molar-refractivity contribution in [2.45, 2.75) is 19.9 Å². The Hall–Kier alpha value is -3.76. The molecule has 2 aromatic carbocycles. The molecule has 0 N–H and O–H groups in total. The molecule has 10 nitrogen and oxygen atoms in total. The molecule has 10 heteroatoms. The van der Waals surface area contributed by atoms with Gasteiger partial charge in [0.2, 0.25) is 0 Å². The van der Waals surface area contributed by atoms with Gasteiger partial charge in [-0.05, 0) is 50.7 Å². The summed E-state index contributed by atoms with van der Waals surface area (Å²) in [5, 5.41) is 8.54. The van der Waals surface area contributed by atoms with Gasteiger partial charge in [-0.15, -0.1) is 5.10 Å². The SMILES string of the molecule is COCC(=O)N1CCCN(C)CCN(C(=O)c2nnn(-c3cccc(OC)c3)c2C)Cc2ccccc21. The third kappa shape index (κ3) is 5.98. The minimum absolute atomic E-state index is 0.000606. The maximum Gasteiger partial charge on any atom is 0.276 e. The van der Waals surface area contributed by atoms with Crippen LogP contribution in [-0.4, -0.2) is 90.7 Å². The lowest BCUT2D eigenvalue weighted by Crippen LogP contribution is -2.38. The first-order valence-electron chi connectivity index (χ1n) is 12.3. The standard InChI is InChI=1S/C27H34N6O4/c1-20-26(28-29-33(20)22-10-7-11-23(17-22)37-4)27(35)31-16-15-30(2)13-8-14-32(25(34)19-36-3)24-12-6-5-9-21(24)18-31/h5-7,9-12,17H,8,13-16,18-19H2,1-4H3. The van der Waals surface area contributed by atoms with Crippen LogP contribution in [0.5, 0.6) is 5.75 Å². The molecule has 0 radical (unpaired) electrons. The van der Waals surface area contributed by atoms with Crippen molar-refractivity contribution in [3.8, 4) is 11.4 Å². The van der Waals surface area contributed by atoms with Gasteiger partial charge < -0.3 is 24.2 Å². The smallest absolute Gasteiger partial charge is 0.276 e. The van der Waals surface area contributed by atoms with E-state index in [-0.39, 0.29) is 18.4 Å². The summed E-state index contributed by atoms with van der Waals surface area (Å²) in [5.74, 6) is 0.385. The molecule has 0 atom stereocenters. The number of carbonyl (C=O) groups excluding carboxylic acids is 2. The summed E-state index contributed by atoms with van der Waals surface area (Å²) < 4.78 is 12.1. The largest absolute Gasteiger partial charge is 0.497 e. The summed E-state index contributed by atoms with van der Waals surface area (Å²) in [7, 11) is 5.15. The van der Waals surface area contributed by atoms with Crippen LogP contribution >= 0.6 is 0 Å². The number of hydrogen-bond donors (Lipinski definition) is 0. The van der Waals surface area contributed by atoms with E-state index in [1.54, 1.807) is 21.6 Å². The molecule has 0 spiro atoms. The number of para-hydroxylation sites is 1. The zero-order valence-electron chi connectivity index (χ0n) is 21.9. The number of nitrogens with zero attached hydrogens (tertiary/aromatic N) is 6. The van der Waals surface area contributed by atoms with Crippen molar-refractivity contribution in [1.82, 2.24) is 24.8 Å². The molecule has 1 aliphatic heterocycles. The summed E-state index contributed by atoms with van der Waals surface area (Å²) in [4.78, 5) is 32.5.